The summed E-state index contributed by atoms with van der Waals surface area (Å²) in [7, 11) is 0. The van der Waals surface area contributed by atoms with E-state index in [1.807, 2.05) is 0 Å². The lowest BCUT2D eigenvalue weighted by molar-refractivity contribution is -0.142. The minimum atomic E-state index is -4.65. The highest BCUT2D eigenvalue weighted by atomic mass is 19.4. The van der Waals surface area contributed by atoms with E-state index in [0.29, 0.717) is 6.07 Å². The van der Waals surface area contributed by atoms with E-state index in [2.05, 4.69) is 4.98 Å². The SMILES string of the molecule is O=C(O)c1ccc(C(F)(F)F)nc1OC1COC1. The summed E-state index contributed by atoms with van der Waals surface area (Å²) in [5, 5.41) is 8.83. The van der Waals surface area contributed by atoms with Gasteiger partial charge in [0.1, 0.15) is 17.4 Å². The summed E-state index contributed by atoms with van der Waals surface area (Å²) in [6.07, 6.45) is -5.11. The summed E-state index contributed by atoms with van der Waals surface area (Å²) in [4.78, 5) is 14.0. The van der Waals surface area contributed by atoms with Gasteiger partial charge in [-0.25, -0.2) is 9.78 Å². The predicted molar refractivity (Wildman–Crippen MR) is 51.4 cm³/mol. The maximum Gasteiger partial charge on any atom is 0.433 e. The molecule has 2 rings (SSSR count). The van der Waals surface area contributed by atoms with Crippen LogP contribution in [0.1, 0.15) is 16.1 Å². The number of hydrogen-bond donors (Lipinski definition) is 1. The van der Waals surface area contributed by atoms with Gasteiger partial charge < -0.3 is 14.6 Å². The Kier molecular flexibility index (Phi) is 3.12. The maximum atomic E-state index is 12.4. The standard InChI is InChI=1S/C10H8F3NO4/c11-10(12,13)7-2-1-6(9(15)16)8(14-7)18-5-3-17-4-5/h1-2,5H,3-4H2,(H,15,16). The summed E-state index contributed by atoms with van der Waals surface area (Å²) in [5.41, 5.74) is -1.60. The molecule has 0 aliphatic carbocycles. The van der Waals surface area contributed by atoms with Crippen LogP contribution in [-0.4, -0.2) is 35.4 Å². The number of halogens is 3. The van der Waals surface area contributed by atoms with Gasteiger partial charge in [0.25, 0.3) is 0 Å². The molecule has 18 heavy (non-hydrogen) atoms. The third kappa shape index (κ3) is 2.53. The van der Waals surface area contributed by atoms with Gasteiger partial charge >= 0.3 is 12.1 Å². The topological polar surface area (TPSA) is 68.7 Å². The van der Waals surface area contributed by atoms with Crippen molar-refractivity contribution in [2.45, 2.75) is 12.3 Å². The molecule has 1 aliphatic heterocycles. The van der Waals surface area contributed by atoms with Crippen LogP contribution < -0.4 is 4.74 Å². The fourth-order valence-electron chi connectivity index (χ4n) is 1.29. The van der Waals surface area contributed by atoms with Crippen LogP contribution in [0.15, 0.2) is 12.1 Å². The van der Waals surface area contributed by atoms with E-state index in [1.54, 1.807) is 0 Å². The van der Waals surface area contributed by atoms with E-state index in [4.69, 9.17) is 14.6 Å². The molecule has 2 heterocycles. The molecule has 1 saturated heterocycles. The van der Waals surface area contributed by atoms with Gasteiger partial charge in [0.15, 0.2) is 0 Å². The van der Waals surface area contributed by atoms with Crippen LogP contribution >= 0.6 is 0 Å². The number of nitrogens with zero attached hydrogens (tertiary/aromatic N) is 1. The molecular formula is C10H8F3NO4. The van der Waals surface area contributed by atoms with Crippen LogP contribution in [0.5, 0.6) is 5.88 Å². The molecule has 8 heteroatoms. The number of rotatable bonds is 3. The second-order valence-electron chi connectivity index (χ2n) is 3.63. The van der Waals surface area contributed by atoms with Crippen LogP contribution in [0, 0.1) is 0 Å². The number of aromatic nitrogens is 1. The molecule has 1 aromatic rings. The first kappa shape index (κ1) is 12.6. The van der Waals surface area contributed by atoms with Crippen molar-refractivity contribution >= 4 is 5.97 Å². The molecule has 1 N–H and O–H groups in total. The lowest BCUT2D eigenvalue weighted by Crippen LogP contribution is -2.39. The number of hydrogen-bond acceptors (Lipinski definition) is 4. The molecule has 0 aromatic carbocycles. The Bertz CT molecular complexity index is 471. The van der Waals surface area contributed by atoms with E-state index >= 15 is 0 Å². The molecule has 0 bridgehead atoms. The van der Waals surface area contributed by atoms with Gasteiger partial charge in [0.05, 0.1) is 13.2 Å². The highest BCUT2D eigenvalue weighted by Gasteiger charge is 2.34. The number of carboxylic acids is 1. The number of aromatic carboxylic acids is 1. The number of alkyl halides is 3. The highest BCUT2D eigenvalue weighted by molar-refractivity contribution is 5.90. The second kappa shape index (κ2) is 4.45. The zero-order chi connectivity index (χ0) is 13.3. The minimum absolute atomic E-state index is 0.205. The molecule has 0 amide bonds. The van der Waals surface area contributed by atoms with Crippen molar-refractivity contribution in [3.63, 3.8) is 0 Å². The molecule has 1 aromatic heterocycles. The van der Waals surface area contributed by atoms with E-state index in [1.165, 1.54) is 0 Å². The predicted octanol–water partition coefficient (Wildman–Crippen LogP) is 1.58. The van der Waals surface area contributed by atoms with E-state index < -0.39 is 35.4 Å². The van der Waals surface area contributed by atoms with Gasteiger partial charge in [0.2, 0.25) is 5.88 Å². The molecule has 0 unspecified atom stereocenters. The van der Waals surface area contributed by atoms with Gasteiger partial charge in [-0.1, -0.05) is 0 Å². The first-order chi connectivity index (χ1) is 8.38. The number of pyridine rings is 1. The van der Waals surface area contributed by atoms with Crippen LogP contribution in [0.25, 0.3) is 0 Å². The van der Waals surface area contributed by atoms with Crippen LogP contribution in [0.4, 0.5) is 13.2 Å². The molecule has 0 atom stereocenters. The van der Waals surface area contributed by atoms with Gasteiger partial charge in [-0.15, -0.1) is 0 Å². The third-order valence-electron chi connectivity index (χ3n) is 2.27. The normalized spacial score (nSPS) is 16.2. The summed E-state index contributed by atoms with van der Waals surface area (Å²) in [6, 6.07) is 1.43. The third-order valence-corrected chi connectivity index (χ3v) is 2.27. The summed E-state index contributed by atoms with van der Waals surface area (Å²) >= 11 is 0. The lowest BCUT2D eigenvalue weighted by Gasteiger charge is -2.26. The van der Waals surface area contributed by atoms with Crippen molar-refractivity contribution in [3.8, 4) is 5.88 Å². The molecule has 0 saturated carbocycles. The Morgan fingerprint density at radius 1 is 1.44 bits per heavy atom. The van der Waals surface area contributed by atoms with Gasteiger partial charge in [0, 0.05) is 0 Å². The van der Waals surface area contributed by atoms with Crippen molar-refractivity contribution in [1.82, 2.24) is 4.98 Å². The zero-order valence-electron chi connectivity index (χ0n) is 8.90. The Morgan fingerprint density at radius 3 is 2.56 bits per heavy atom. The monoisotopic (exact) mass is 263 g/mol. The van der Waals surface area contributed by atoms with Gasteiger partial charge in [-0.2, -0.15) is 13.2 Å². The lowest BCUT2D eigenvalue weighted by atomic mass is 10.2. The first-order valence-corrected chi connectivity index (χ1v) is 4.94. The Morgan fingerprint density at radius 2 is 2.11 bits per heavy atom. The van der Waals surface area contributed by atoms with Crippen LogP contribution in [0.3, 0.4) is 0 Å². The fraction of sp³-hybridized carbons (Fsp3) is 0.400. The van der Waals surface area contributed by atoms with Crippen LogP contribution in [0.2, 0.25) is 0 Å². The summed E-state index contributed by atoms with van der Waals surface area (Å²) in [5.74, 6) is -1.93. The smallest absolute Gasteiger partial charge is 0.433 e. The molecule has 0 spiro atoms. The fourth-order valence-corrected chi connectivity index (χ4v) is 1.29. The molecular weight excluding hydrogens is 255 g/mol. The van der Waals surface area contributed by atoms with Crippen molar-refractivity contribution in [2.75, 3.05) is 13.2 Å². The molecule has 1 fully saturated rings. The molecule has 1 aliphatic rings. The number of carbonyl (C=O) groups is 1. The van der Waals surface area contributed by atoms with Gasteiger partial charge in [-0.3, -0.25) is 0 Å². The molecule has 5 nitrogen and oxygen atoms in total. The quantitative estimate of drug-likeness (QED) is 0.896. The second-order valence-corrected chi connectivity index (χ2v) is 3.63. The Balaban J connectivity index is 2.34. The first-order valence-electron chi connectivity index (χ1n) is 4.94. The van der Waals surface area contributed by atoms with E-state index in [-0.39, 0.29) is 13.2 Å². The van der Waals surface area contributed by atoms with Crippen molar-refractivity contribution in [2.24, 2.45) is 0 Å². The largest absolute Gasteiger partial charge is 0.477 e. The van der Waals surface area contributed by atoms with Crippen LogP contribution in [-0.2, 0) is 10.9 Å². The van der Waals surface area contributed by atoms with Crippen molar-refractivity contribution in [1.29, 1.82) is 0 Å². The average Bonchev–Trinajstić information content (AvgIpc) is 2.21. The summed E-state index contributed by atoms with van der Waals surface area (Å²) < 4.78 is 47.2. The molecule has 0 radical (unpaired) electrons. The Hall–Kier alpha value is -1.83. The van der Waals surface area contributed by atoms with E-state index in [0.717, 1.165) is 6.07 Å². The highest BCUT2D eigenvalue weighted by Crippen LogP contribution is 2.30. The van der Waals surface area contributed by atoms with E-state index in [9.17, 15) is 18.0 Å². The zero-order valence-corrected chi connectivity index (χ0v) is 8.90. The average molecular weight is 263 g/mol. The van der Waals surface area contributed by atoms with Gasteiger partial charge in [-0.05, 0) is 12.1 Å². The van der Waals surface area contributed by atoms with Crippen molar-refractivity contribution < 1.29 is 32.5 Å². The maximum absolute atomic E-state index is 12.4. The number of carboxylic acid groups (broad SMARTS) is 1. The van der Waals surface area contributed by atoms with Crippen molar-refractivity contribution in [3.05, 3.63) is 23.4 Å². The number of ether oxygens (including phenoxy) is 2. The minimum Gasteiger partial charge on any atom is -0.477 e. The summed E-state index contributed by atoms with van der Waals surface area (Å²) in [6.45, 7) is 0.411. The Labute approximate surface area is 99.1 Å². The molecule has 98 valence electrons.